The Balaban J connectivity index is 1.52. The van der Waals surface area contributed by atoms with Crippen molar-refractivity contribution < 1.29 is 19.2 Å². The molecule has 10 heteroatoms. The second-order valence-electron chi connectivity index (χ2n) is 7.84. The average Bonchev–Trinajstić information content (AvgIpc) is 3.24. The van der Waals surface area contributed by atoms with Crippen molar-refractivity contribution in [2.45, 2.75) is 12.2 Å². The minimum Gasteiger partial charge on any atom is -0.447 e. The lowest BCUT2D eigenvalue weighted by Crippen LogP contribution is -2.68. The first kappa shape index (κ1) is 21.3. The van der Waals surface area contributed by atoms with Crippen molar-refractivity contribution in [3.8, 4) is 0 Å². The van der Waals surface area contributed by atoms with E-state index in [0.29, 0.717) is 0 Å². The minimum absolute atomic E-state index is 0.147. The molecule has 0 bridgehead atoms. The zero-order chi connectivity index (χ0) is 23.7. The average molecular weight is 457 g/mol. The van der Waals surface area contributed by atoms with Gasteiger partial charge in [-0.3, -0.25) is 29.7 Å². The number of anilines is 1. The number of benzene rings is 1. The van der Waals surface area contributed by atoms with Crippen LogP contribution >= 0.6 is 0 Å². The van der Waals surface area contributed by atoms with Crippen molar-refractivity contribution in [1.29, 1.82) is 0 Å². The van der Waals surface area contributed by atoms with Gasteiger partial charge in [-0.15, -0.1) is 0 Å². The third-order valence-electron chi connectivity index (χ3n) is 5.86. The third kappa shape index (κ3) is 3.75. The summed E-state index contributed by atoms with van der Waals surface area (Å²) in [5.74, 6) is -0.717. The van der Waals surface area contributed by atoms with Crippen LogP contribution in [0.3, 0.4) is 0 Å². The maximum atomic E-state index is 13.2. The Morgan fingerprint density at radius 1 is 1.06 bits per heavy atom. The number of β-lactam (4-membered cyclic amide) rings is 1. The molecule has 2 fully saturated rings. The van der Waals surface area contributed by atoms with Crippen molar-refractivity contribution in [3.63, 3.8) is 0 Å². The van der Waals surface area contributed by atoms with Crippen molar-refractivity contribution in [1.82, 2.24) is 14.9 Å². The number of carbonyl (C=O) groups excluding carboxylic acids is 2. The number of hydrogen-bond donors (Lipinski definition) is 0. The second kappa shape index (κ2) is 8.74. The fourth-order valence-corrected chi connectivity index (χ4v) is 4.20. The summed E-state index contributed by atoms with van der Waals surface area (Å²) in [5, 5.41) is 11.0. The third-order valence-corrected chi connectivity index (χ3v) is 5.86. The zero-order valence-corrected chi connectivity index (χ0v) is 17.8. The molecule has 0 aliphatic carbocycles. The monoisotopic (exact) mass is 457 g/mol. The molecule has 2 amide bonds. The van der Waals surface area contributed by atoms with Gasteiger partial charge in [0.1, 0.15) is 24.8 Å². The van der Waals surface area contributed by atoms with E-state index in [4.69, 9.17) is 4.74 Å². The molecule has 0 N–H and O–H groups in total. The minimum atomic E-state index is -0.713. The molecule has 2 saturated heterocycles. The Morgan fingerprint density at radius 2 is 1.88 bits per heavy atom. The Hall–Kier alpha value is -4.60. The molecule has 5 rings (SSSR count). The SMILES string of the molecule is O=C1[C@H](C=Cc2cccnc2)[C@@H](N2C(=O)OC[C@@H]2c2ccccc2)N1c1ccc([N+](=O)[O-])cn1. The molecule has 2 aromatic heterocycles. The summed E-state index contributed by atoms with van der Waals surface area (Å²) in [7, 11) is 0. The second-order valence-corrected chi connectivity index (χ2v) is 7.84. The molecule has 3 aromatic rings. The Bertz CT molecular complexity index is 1250. The highest BCUT2D eigenvalue weighted by molar-refractivity contribution is 6.04. The van der Waals surface area contributed by atoms with Crippen molar-refractivity contribution >= 4 is 29.6 Å². The summed E-state index contributed by atoms with van der Waals surface area (Å²) in [6.45, 7) is 0.147. The predicted octanol–water partition coefficient (Wildman–Crippen LogP) is 3.58. The molecular weight excluding hydrogens is 438 g/mol. The number of amides is 2. The van der Waals surface area contributed by atoms with Crippen LogP contribution in [0.15, 0.2) is 79.3 Å². The molecule has 3 atom stereocenters. The van der Waals surface area contributed by atoms with E-state index in [-0.39, 0.29) is 24.0 Å². The number of carbonyl (C=O) groups is 2. The Labute approximate surface area is 194 Å². The molecular formula is C24H19N5O5. The molecule has 0 radical (unpaired) electrons. The van der Waals surface area contributed by atoms with Gasteiger partial charge in [-0.05, 0) is 23.3 Å². The number of rotatable bonds is 6. The summed E-state index contributed by atoms with van der Waals surface area (Å²) in [5.41, 5.74) is 1.49. The summed E-state index contributed by atoms with van der Waals surface area (Å²) in [4.78, 5) is 47.7. The van der Waals surface area contributed by atoms with Crippen LogP contribution in [0.25, 0.3) is 6.08 Å². The first-order valence-corrected chi connectivity index (χ1v) is 10.6. The quantitative estimate of drug-likeness (QED) is 0.315. The Morgan fingerprint density at radius 3 is 2.56 bits per heavy atom. The number of cyclic esters (lactones) is 1. The summed E-state index contributed by atoms with van der Waals surface area (Å²) in [6, 6.07) is 15.3. The van der Waals surface area contributed by atoms with E-state index in [0.717, 1.165) is 17.3 Å². The fourth-order valence-electron chi connectivity index (χ4n) is 4.20. The predicted molar refractivity (Wildman–Crippen MR) is 121 cm³/mol. The van der Waals surface area contributed by atoms with Gasteiger partial charge in [0.25, 0.3) is 5.69 Å². The molecule has 34 heavy (non-hydrogen) atoms. The highest BCUT2D eigenvalue weighted by Gasteiger charge is 2.56. The highest BCUT2D eigenvalue weighted by atomic mass is 16.6. The van der Waals surface area contributed by atoms with Crippen molar-refractivity contribution in [2.24, 2.45) is 5.92 Å². The van der Waals surface area contributed by atoms with E-state index in [2.05, 4.69) is 9.97 Å². The normalized spacial score (nSPS) is 22.1. The van der Waals surface area contributed by atoms with E-state index < -0.39 is 29.1 Å². The topological polar surface area (TPSA) is 119 Å². The first-order valence-electron chi connectivity index (χ1n) is 10.6. The molecule has 2 aliphatic heterocycles. The van der Waals surface area contributed by atoms with Crippen LogP contribution in [0.1, 0.15) is 17.2 Å². The van der Waals surface area contributed by atoms with Crippen LogP contribution in [0.5, 0.6) is 0 Å². The van der Waals surface area contributed by atoms with Gasteiger partial charge >= 0.3 is 6.09 Å². The van der Waals surface area contributed by atoms with E-state index in [1.807, 2.05) is 36.4 Å². The number of pyridine rings is 2. The van der Waals surface area contributed by atoms with Crippen LogP contribution in [0.4, 0.5) is 16.3 Å². The van der Waals surface area contributed by atoms with Gasteiger partial charge in [-0.1, -0.05) is 48.6 Å². The van der Waals surface area contributed by atoms with Gasteiger partial charge in [0.05, 0.1) is 16.9 Å². The molecule has 0 saturated carbocycles. The van der Waals surface area contributed by atoms with Crippen LogP contribution in [-0.2, 0) is 9.53 Å². The molecule has 10 nitrogen and oxygen atoms in total. The standard InChI is InChI=1S/C24H19N5O5/c30-23-19(10-8-16-5-4-12-25-13-16)22(28(23)21-11-9-18(14-26-21)29(32)33)27-20(15-34-24(27)31)17-6-2-1-3-7-17/h1-14,19-20,22H,15H2/t19-,20-,22+/m1/s1. The summed E-state index contributed by atoms with van der Waals surface area (Å²) >= 11 is 0. The van der Waals surface area contributed by atoms with E-state index in [1.54, 1.807) is 30.6 Å². The fraction of sp³-hybridized carbons (Fsp3) is 0.167. The molecule has 0 spiro atoms. The number of hydrogen-bond acceptors (Lipinski definition) is 7. The number of nitro groups is 1. The van der Waals surface area contributed by atoms with Gasteiger partial charge in [-0.25, -0.2) is 9.78 Å². The van der Waals surface area contributed by atoms with Gasteiger partial charge in [0.2, 0.25) is 5.91 Å². The van der Waals surface area contributed by atoms with Crippen LogP contribution in [-0.4, -0.2) is 44.6 Å². The van der Waals surface area contributed by atoms with Gasteiger partial charge in [0.15, 0.2) is 0 Å². The summed E-state index contributed by atoms with van der Waals surface area (Å²) < 4.78 is 5.38. The van der Waals surface area contributed by atoms with Crippen LogP contribution in [0, 0.1) is 16.0 Å². The zero-order valence-electron chi connectivity index (χ0n) is 17.8. The summed E-state index contributed by atoms with van der Waals surface area (Å²) in [6.07, 6.45) is 6.67. The lowest BCUT2D eigenvalue weighted by Gasteiger charge is -2.49. The molecule has 2 aliphatic rings. The molecule has 1 aromatic carbocycles. The van der Waals surface area contributed by atoms with E-state index in [9.17, 15) is 19.7 Å². The van der Waals surface area contributed by atoms with E-state index in [1.165, 1.54) is 21.9 Å². The number of nitrogens with zero attached hydrogens (tertiary/aromatic N) is 5. The maximum Gasteiger partial charge on any atom is 0.412 e. The van der Waals surface area contributed by atoms with Gasteiger partial charge < -0.3 is 4.74 Å². The maximum absolute atomic E-state index is 13.2. The van der Waals surface area contributed by atoms with Gasteiger partial charge in [0, 0.05) is 18.5 Å². The Kier molecular flexibility index (Phi) is 5.46. The van der Waals surface area contributed by atoms with Crippen molar-refractivity contribution in [3.05, 3.63) is 101 Å². The number of ether oxygens (including phenoxy) is 1. The lowest BCUT2D eigenvalue weighted by atomic mass is 9.89. The molecule has 4 heterocycles. The number of aromatic nitrogens is 2. The molecule has 0 unspecified atom stereocenters. The van der Waals surface area contributed by atoms with E-state index >= 15 is 0 Å². The largest absolute Gasteiger partial charge is 0.447 e. The van der Waals surface area contributed by atoms with Crippen LogP contribution in [0.2, 0.25) is 0 Å². The lowest BCUT2D eigenvalue weighted by molar-refractivity contribution is -0.385. The van der Waals surface area contributed by atoms with Gasteiger partial charge in [-0.2, -0.15) is 0 Å². The van der Waals surface area contributed by atoms with Crippen molar-refractivity contribution in [2.75, 3.05) is 11.5 Å². The highest BCUT2D eigenvalue weighted by Crippen LogP contribution is 2.41. The first-order chi connectivity index (χ1) is 16.5. The molecule has 170 valence electrons. The smallest absolute Gasteiger partial charge is 0.412 e. The van der Waals surface area contributed by atoms with Crippen LogP contribution < -0.4 is 4.90 Å².